The summed E-state index contributed by atoms with van der Waals surface area (Å²) in [6, 6.07) is 1.60. The second kappa shape index (κ2) is 2.55. The fourth-order valence-corrected chi connectivity index (χ4v) is 1.13. The van der Waals surface area contributed by atoms with Crippen LogP contribution in [0.4, 0.5) is 0 Å². The average Bonchev–Trinajstić information content (AvgIpc) is 2.87. The van der Waals surface area contributed by atoms with Gasteiger partial charge in [0.1, 0.15) is 0 Å². The Bertz CT molecular complexity index is 321. The number of aromatic carboxylic acids is 1. The van der Waals surface area contributed by atoms with Gasteiger partial charge in [0.25, 0.3) is 0 Å². The number of rotatable bonds is 2. The molecule has 1 fully saturated rings. The van der Waals surface area contributed by atoms with Crippen LogP contribution in [0.1, 0.15) is 34.8 Å². The third kappa shape index (κ3) is 1.28. The normalized spacial score (nSPS) is 16.0. The Morgan fingerprint density at radius 3 is 2.92 bits per heavy atom. The maximum atomic E-state index is 10.5. The molecule has 1 aliphatic rings. The van der Waals surface area contributed by atoms with Gasteiger partial charge < -0.3 is 5.11 Å². The van der Waals surface area contributed by atoms with Gasteiger partial charge >= 0.3 is 5.97 Å². The minimum absolute atomic E-state index is 0.0411. The first kappa shape index (κ1) is 7.21. The third-order valence-electron chi connectivity index (χ3n) is 1.94. The molecule has 62 valence electrons. The summed E-state index contributed by atoms with van der Waals surface area (Å²) in [4.78, 5) is 10.5. The molecule has 0 atom stereocenters. The standard InChI is InChI=1S/C8H8N2O2/c11-8(12)7-3-6(4-9-10-7)5-1-2-5/h3-5H,1-2H2,(H,11,12). The monoisotopic (exact) mass is 164 g/mol. The van der Waals surface area contributed by atoms with E-state index in [1.165, 1.54) is 0 Å². The molecule has 1 saturated carbocycles. The van der Waals surface area contributed by atoms with Crippen molar-refractivity contribution in [1.82, 2.24) is 10.2 Å². The minimum atomic E-state index is -1.01. The van der Waals surface area contributed by atoms with Crippen LogP contribution in [0.5, 0.6) is 0 Å². The lowest BCUT2D eigenvalue weighted by molar-refractivity contribution is 0.0689. The van der Waals surface area contributed by atoms with Gasteiger partial charge in [-0.2, -0.15) is 5.10 Å². The van der Waals surface area contributed by atoms with Crippen molar-refractivity contribution in [2.45, 2.75) is 18.8 Å². The molecule has 1 heterocycles. The largest absolute Gasteiger partial charge is 0.476 e. The van der Waals surface area contributed by atoms with E-state index in [9.17, 15) is 4.79 Å². The topological polar surface area (TPSA) is 63.1 Å². The first-order valence-electron chi connectivity index (χ1n) is 3.83. The molecular weight excluding hydrogens is 156 g/mol. The van der Waals surface area contributed by atoms with Crippen LogP contribution < -0.4 is 0 Å². The number of carboxylic acid groups (broad SMARTS) is 1. The van der Waals surface area contributed by atoms with Crippen LogP contribution in [-0.2, 0) is 0 Å². The maximum absolute atomic E-state index is 10.5. The molecule has 0 unspecified atom stereocenters. The summed E-state index contributed by atoms with van der Waals surface area (Å²) in [7, 11) is 0. The second-order valence-electron chi connectivity index (χ2n) is 2.95. The van der Waals surface area contributed by atoms with Crippen LogP contribution in [0.2, 0.25) is 0 Å². The Balaban J connectivity index is 2.32. The number of aromatic nitrogens is 2. The van der Waals surface area contributed by atoms with Crippen LogP contribution in [0.25, 0.3) is 0 Å². The van der Waals surface area contributed by atoms with Crippen LogP contribution in [0, 0.1) is 0 Å². The number of nitrogens with zero attached hydrogens (tertiary/aromatic N) is 2. The molecule has 0 bridgehead atoms. The van der Waals surface area contributed by atoms with Gasteiger partial charge in [0.05, 0.1) is 6.20 Å². The van der Waals surface area contributed by atoms with Gasteiger partial charge in [0.15, 0.2) is 5.69 Å². The first-order chi connectivity index (χ1) is 5.77. The minimum Gasteiger partial charge on any atom is -0.476 e. The van der Waals surface area contributed by atoms with Gasteiger partial charge in [0.2, 0.25) is 0 Å². The van der Waals surface area contributed by atoms with Gasteiger partial charge in [-0.15, -0.1) is 5.10 Å². The van der Waals surface area contributed by atoms with Gasteiger partial charge in [-0.1, -0.05) is 0 Å². The van der Waals surface area contributed by atoms with E-state index in [1.54, 1.807) is 12.3 Å². The molecule has 1 N–H and O–H groups in total. The molecule has 0 aromatic carbocycles. The molecule has 0 spiro atoms. The zero-order valence-corrected chi connectivity index (χ0v) is 6.40. The van der Waals surface area contributed by atoms with E-state index in [-0.39, 0.29) is 5.69 Å². The van der Waals surface area contributed by atoms with E-state index in [0.717, 1.165) is 18.4 Å². The van der Waals surface area contributed by atoms with Crippen LogP contribution >= 0.6 is 0 Å². The van der Waals surface area contributed by atoms with Gasteiger partial charge in [-0.05, 0) is 30.4 Å². The van der Waals surface area contributed by atoms with Crippen molar-refractivity contribution in [3.05, 3.63) is 23.5 Å². The summed E-state index contributed by atoms with van der Waals surface area (Å²) in [6.07, 6.45) is 3.93. The van der Waals surface area contributed by atoms with E-state index in [2.05, 4.69) is 10.2 Å². The summed E-state index contributed by atoms with van der Waals surface area (Å²) >= 11 is 0. The Labute approximate surface area is 69.2 Å². The number of hydrogen-bond acceptors (Lipinski definition) is 3. The van der Waals surface area contributed by atoms with Crippen LogP contribution in [0.15, 0.2) is 12.3 Å². The van der Waals surface area contributed by atoms with Crippen molar-refractivity contribution in [2.24, 2.45) is 0 Å². The molecule has 12 heavy (non-hydrogen) atoms. The lowest BCUT2D eigenvalue weighted by Crippen LogP contribution is -2.02. The number of carbonyl (C=O) groups is 1. The predicted molar refractivity (Wildman–Crippen MR) is 41.0 cm³/mol. The van der Waals surface area contributed by atoms with Crippen LogP contribution in [0.3, 0.4) is 0 Å². The number of carboxylic acids is 1. The first-order valence-corrected chi connectivity index (χ1v) is 3.83. The molecule has 0 aliphatic heterocycles. The van der Waals surface area contributed by atoms with E-state index in [0.29, 0.717) is 5.92 Å². The maximum Gasteiger partial charge on any atom is 0.356 e. The SMILES string of the molecule is O=C(O)c1cc(C2CC2)cnn1. The van der Waals surface area contributed by atoms with Crippen molar-refractivity contribution < 1.29 is 9.90 Å². The van der Waals surface area contributed by atoms with E-state index in [4.69, 9.17) is 5.11 Å². The molecule has 1 aromatic heterocycles. The summed E-state index contributed by atoms with van der Waals surface area (Å²) in [6.45, 7) is 0. The lowest BCUT2D eigenvalue weighted by Gasteiger charge is -1.96. The quantitative estimate of drug-likeness (QED) is 0.709. The molecule has 2 rings (SSSR count). The molecule has 4 nitrogen and oxygen atoms in total. The van der Waals surface area contributed by atoms with Gasteiger partial charge in [-0.3, -0.25) is 0 Å². The smallest absolute Gasteiger partial charge is 0.356 e. The lowest BCUT2D eigenvalue weighted by atomic mass is 10.2. The Morgan fingerprint density at radius 2 is 2.33 bits per heavy atom. The molecule has 0 radical (unpaired) electrons. The average molecular weight is 164 g/mol. The Morgan fingerprint density at radius 1 is 1.58 bits per heavy atom. The van der Waals surface area contributed by atoms with Gasteiger partial charge in [-0.25, -0.2) is 4.79 Å². The highest BCUT2D eigenvalue weighted by molar-refractivity contribution is 5.85. The van der Waals surface area contributed by atoms with Crippen LogP contribution in [-0.4, -0.2) is 21.3 Å². The van der Waals surface area contributed by atoms with Crippen molar-refractivity contribution >= 4 is 5.97 Å². The third-order valence-corrected chi connectivity index (χ3v) is 1.94. The zero-order valence-electron chi connectivity index (χ0n) is 6.40. The summed E-state index contributed by atoms with van der Waals surface area (Å²) in [5.41, 5.74) is 1.04. The van der Waals surface area contributed by atoms with E-state index in [1.807, 2.05) is 0 Å². The Kier molecular flexibility index (Phi) is 1.53. The molecule has 4 heteroatoms. The summed E-state index contributed by atoms with van der Waals surface area (Å²) < 4.78 is 0. The highest BCUT2D eigenvalue weighted by Crippen LogP contribution is 2.39. The highest BCUT2D eigenvalue weighted by atomic mass is 16.4. The Hall–Kier alpha value is -1.45. The highest BCUT2D eigenvalue weighted by Gasteiger charge is 2.24. The molecule has 0 amide bonds. The van der Waals surface area contributed by atoms with Crippen molar-refractivity contribution in [2.75, 3.05) is 0 Å². The van der Waals surface area contributed by atoms with Crippen molar-refractivity contribution in [1.29, 1.82) is 0 Å². The molecule has 0 saturated heterocycles. The molecular formula is C8H8N2O2. The summed E-state index contributed by atoms with van der Waals surface area (Å²) in [5.74, 6) is -0.483. The second-order valence-corrected chi connectivity index (χ2v) is 2.95. The molecule has 1 aliphatic carbocycles. The predicted octanol–water partition coefficient (Wildman–Crippen LogP) is 1.05. The molecule has 1 aromatic rings. The fourth-order valence-electron chi connectivity index (χ4n) is 1.13. The van der Waals surface area contributed by atoms with E-state index < -0.39 is 5.97 Å². The zero-order chi connectivity index (χ0) is 8.55. The fraction of sp³-hybridized carbons (Fsp3) is 0.375. The van der Waals surface area contributed by atoms with Crippen molar-refractivity contribution in [3.63, 3.8) is 0 Å². The number of hydrogen-bond donors (Lipinski definition) is 1. The van der Waals surface area contributed by atoms with Crippen molar-refractivity contribution in [3.8, 4) is 0 Å². The summed E-state index contributed by atoms with van der Waals surface area (Å²) in [5, 5.41) is 15.7. The van der Waals surface area contributed by atoms with Gasteiger partial charge in [0, 0.05) is 0 Å². The van der Waals surface area contributed by atoms with E-state index >= 15 is 0 Å².